The molecular formula is C13H18N4. The van der Waals surface area contributed by atoms with Gasteiger partial charge in [-0.2, -0.15) is 5.26 Å². The van der Waals surface area contributed by atoms with Gasteiger partial charge in [0.25, 0.3) is 0 Å². The largest absolute Gasteiger partial charge is 0.381 e. The highest BCUT2D eigenvalue weighted by Gasteiger charge is 2.19. The zero-order valence-electron chi connectivity index (χ0n) is 10.1. The maximum absolute atomic E-state index is 8.67. The smallest absolute Gasteiger partial charge is 0.140 e. The summed E-state index contributed by atoms with van der Waals surface area (Å²) in [6, 6.07) is 6.91. The number of rotatable bonds is 3. The Bertz CT molecular complexity index is 385. The van der Waals surface area contributed by atoms with Crippen LogP contribution in [0, 0.1) is 11.3 Å². The highest BCUT2D eigenvalue weighted by molar-refractivity contribution is 5.43. The van der Waals surface area contributed by atoms with Crippen LogP contribution in [0.25, 0.3) is 0 Å². The fourth-order valence-electron chi connectivity index (χ4n) is 2.31. The van der Waals surface area contributed by atoms with Crippen LogP contribution < -0.4 is 10.6 Å². The highest BCUT2D eigenvalue weighted by Crippen LogP contribution is 2.21. The molecule has 0 unspecified atom stereocenters. The third-order valence-corrected chi connectivity index (χ3v) is 3.38. The first-order valence-corrected chi connectivity index (χ1v) is 6.12. The Labute approximate surface area is 102 Å². The normalized spacial score (nSPS) is 24.0. The summed E-state index contributed by atoms with van der Waals surface area (Å²) in [6.07, 6.45) is 6.55. The van der Waals surface area contributed by atoms with Gasteiger partial charge in [0.2, 0.25) is 0 Å². The van der Waals surface area contributed by atoms with E-state index in [1.807, 2.05) is 19.2 Å². The molecule has 0 aliphatic heterocycles. The minimum absolute atomic E-state index is 0.467. The summed E-state index contributed by atoms with van der Waals surface area (Å²) >= 11 is 0. The number of hydrogen-bond donors (Lipinski definition) is 2. The summed E-state index contributed by atoms with van der Waals surface area (Å²) < 4.78 is 0. The first-order chi connectivity index (χ1) is 8.31. The Morgan fingerprint density at radius 1 is 1.24 bits per heavy atom. The van der Waals surface area contributed by atoms with Crippen molar-refractivity contribution >= 4 is 5.69 Å². The number of nitriles is 1. The molecule has 4 heteroatoms. The van der Waals surface area contributed by atoms with Crippen LogP contribution >= 0.6 is 0 Å². The van der Waals surface area contributed by atoms with Gasteiger partial charge in [0.15, 0.2) is 0 Å². The van der Waals surface area contributed by atoms with Gasteiger partial charge in [0.05, 0.1) is 11.9 Å². The van der Waals surface area contributed by atoms with Crippen LogP contribution in [0.3, 0.4) is 0 Å². The van der Waals surface area contributed by atoms with Crippen molar-refractivity contribution in [3.63, 3.8) is 0 Å². The van der Waals surface area contributed by atoms with Crippen LogP contribution in [0.15, 0.2) is 18.3 Å². The second-order valence-corrected chi connectivity index (χ2v) is 4.53. The first-order valence-electron chi connectivity index (χ1n) is 6.12. The molecule has 1 aromatic rings. The number of hydrogen-bond acceptors (Lipinski definition) is 4. The molecule has 0 saturated heterocycles. The van der Waals surface area contributed by atoms with E-state index in [-0.39, 0.29) is 0 Å². The molecule has 0 radical (unpaired) electrons. The lowest BCUT2D eigenvalue weighted by atomic mass is 9.91. The Balaban J connectivity index is 1.87. The summed E-state index contributed by atoms with van der Waals surface area (Å²) in [5, 5.41) is 15.5. The SMILES string of the molecule is CNC1CCC(Nc2ccc(C#N)nc2)CC1. The van der Waals surface area contributed by atoms with Crippen molar-refractivity contribution in [1.29, 1.82) is 5.26 Å². The lowest BCUT2D eigenvalue weighted by molar-refractivity contribution is 0.371. The van der Waals surface area contributed by atoms with E-state index < -0.39 is 0 Å². The number of aromatic nitrogens is 1. The second kappa shape index (κ2) is 5.65. The fourth-order valence-corrected chi connectivity index (χ4v) is 2.31. The summed E-state index contributed by atoms with van der Waals surface area (Å²) in [5.41, 5.74) is 1.48. The molecule has 90 valence electrons. The van der Waals surface area contributed by atoms with E-state index in [9.17, 15) is 0 Å². The summed E-state index contributed by atoms with van der Waals surface area (Å²) in [4.78, 5) is 4.06. The third kappa shape index (κ3) is 3.18. The van der Waals surface area contributed by atoms with Crippen molar-refractivity contribution in [2.45, 2.75) is 37.8 Å². The summed E-state index contributed by atoms with van der Waals surface area (Å²) in [5.74, 6) is 0. The van der Waals surface area contributed by atoms with Gasteiger partial charge in [-0.25, -0.2) is 4.98 Å². The predicted molar refractivity (Wildman–Crippen MR) is 67.7 cm³/mol. The Morgan fingerprint density at radius 2 is 1.94 bits per heavy atom. The van der Waals surface area contributed by atoms with E-state index >= 15 is 0 Å². The van der Waals surface area contributed by atoms with Crippen LogP contribution in [0.4, 0.5) is 5.69 Å². The third-order valence-electron chi connectivity index (χ3n) is 3.38. The molecule has 17 heavy (non-hydrogen) atoms. The van der Waals surface area contributed by atoms with Crippen LogP contribution in [0.2, 0.25) is 0 Å². The monoisotopic (exact) mass is 230 g/mol. The van der Waals surface area contributed by atoms with E-state index in [2.05, 4.69) is 15.6 Å². The molecule has 1 aliphatic rings. The zero-order valence-corrected chi connectivity index (χ0v) is 10.1. The molecule has 0 amide bonds. The number of anilines is 1. The van der Waals surface area contributed by atoms with Gasteiger partial charge in [-0.1, -0.05) is 0 Å². The number of pyridine rings is 1. The minimum Gasteiger partial charge on any atom is -0.381 e. The molecule has 2 N–H and O–H groups in total. The lowest BCUT2D eigenvalue weighted by Gasteiger charge is -2.29. The average Bonchev–Trinajstić information content (AvgIpc) is 2.40. The van der Waals surface area contributed by atoms with Gasteiger partial charge in [0, 0.05) is 12.1 Å². The zero-order chi connectivity index (χ0) is 12.1. The summed E-state index contributed by atoms with van der Waals surface area (Å²) in [7, 11) is 2.03. The number of nitrogens with zero attached hydrogens (tertiary/aromatic N) is 2. The van der Waals surface area contributed by atoms with Crippen molar-refractivity contribution in [2.75, 3.05) is 12.4 Å². The van der Waals surface area contributed by atoms with E-state index in [1.54, 1.807) is 12.3 Å². The van der Waals surface area contributed by atoms with Gasteiger partial charge in [-0.3, -0.25) is 0 Å². The Kier molecular flexibility index (Phi) is 3.94. The predicted octanol–water partition coefficient (Wildman–Crippen LogP) is 1.90. The molecule has 0 bridgehead atoms. The maximum atomic E-state index is 8.67. The lowest BCUT2D eigenvalue weighted by Crippen LogP contribution is -2.34. The van der Waals surface area contributed by atoms with E-state index in [0.717, 1.165) is 5.69 Å². The van der Waals surface area contributed by atoms with Crippen molar-refractivity contribution in [1.82, 2.24) is 10.3 Å². The number of nitrogens with one attached hydrogen (secondary N) is 2. The standard InChI is InChI=1S/C13H18N4/c1-15-10-2-4-11(5-3-10)17-13-7-6-12(8-14)16-9-13/h6-7,9-11,15,17H,2-5H2,1H3. The van der Waals surface area contributed by atoms with Gasteiger partial charge < -0.3 is 10.6 Å². The summed E-state index contributed by atoms with van der Waals surface area (Å²) in [6.45, 7) is 0. The van der Waals surface area contributed by atoms with Crippen LogP contribution in [0.5, 0.6) is 0 Å². The van der Waals surface area contributed by atoms with E-state index in [4.69, 9.17) is 5.26 Å². The quantitative estimate of drug-likeness (QED) is 0.832. The molecule has 1 aromatic heterocycles. The molecule has 0 spiro atoms. The highest BCUT2D eigenvalue weighted by atomic mass is 14.9. The van der Waals surface area contributed by atoms with Gasteiger partial charge in [-0.15, -0.1) is 0 Å². The molecule has 0 atom stereocenters. The van der Waals surface area contributed by atoms with Crippen molar-refractivity contribution < 1.29 is 0 Å². The van der Waals surface area contributed by atoms with Crippen LogP contribution in [-0.4, -0.2) is 24.1 Å². The second-order valence-electron chi connectivity index (χ2n) is 4.53. The molecule has 1 saturated carbocycles. The maximum Gasteiger partial charge on any atom is 0.140 e. The first kappa shape index (κ1) is 11.9. The molecule has 4 nitrogen and oxygen atoms in total. The molecule has 1 fully saturated rings. The van der Waals surface area contributed by atoms with Crippen molar-refractivity contribution in [3.8, 4) is 6.07 Å². The molecule has 0 aromatic carbocycles. The molecule has 1 heterocycles. The van der Waals surface area contributed by atoms with Crippen molar-refractivity contribution in [2.24, 2.45) is 0 Å². The van der Waals surface area contributed by atoms with Crippen molar-refractivity contribution in [3.05, 3.63) is 24.0 Å². The van der Waals surface area contributed by atoms with Gasteiger partial charge >= 0.3 is 0 Å². The molecule has 2 rings (SSSR count). The van der Waals surface area contributed by atoms with Gasteiger partial charge in [0.1, 0.15) is 11.8 Å². The topological polar surface area (TPSA) is 60.7 Å². The van der Waals surface area contributed by atoms with Crippen LogP contribution in [0.1, 0.15) is 31.4 Å². The Hall–Kier alpha value is -1.60. The van der Waals surface area contributed by atoms with E-state index in [0.29, 0.717) is 17.8 Å². The fraction of sp³-hybridized carbons (Fsp3) is 0.538. The van der Waals surface area contributed by atoms with Crippen LogP contribution in [-0.2, 0) is 0 Å². The van der Waals surface area contributed by atoms with Gasteiger partial charge in [-0.05, 0) is 44.9 Å². The minimum atomic E-state index is 0.467. The molecule has 1 aliphatic carbocycles. The van der Waals surface area contributed by atoms with E-state index in [1.165, 1.54) is 25.7 Å². The Morgan fingerprint density at radius 3 is 2.47 bits per heavy atom. The molecular weight excluding hydrogens is 212 g/mol. The average molecular weight is 230 g/mol.